The second-order valence-electron chi connectivity index (χ2n) is 8.57. The summed E-state index contributed by atoms with van der Waals surface area (Å²) in [5, 5.41) is 8.78. The number of ether oxygens (including phenoxy) is 2. The number of imide groups is 1. The van der Waals surface area contributed by atoms with Crippen LogP contribution in [0.3, 0.4) is 0 Å². The Labute approximate surface area is 205 Å². The van der Waals surface area contributed by atoms with Crippen molar-refractivity contribution in [3.8, 4) is 0 Å². The summed E-state index contributed by atoms with van der Waals surface area (Å²) in [6.45, 7) is 4.27. The lowest BCUT2D eigenvalue weighted by atomic mass is 9.96. The molecule has 9 heteroatoms. The molecular formula is C26H33NO8. The first-order chi connectivity index (χ1) is 16.7. The number of allylic oxidation sites excluding steroid dienone is 1. The lowest BCUT2D eigenvalue weighted by molar-refractivity contribution is -0.158. The SMILES string of the molecule is CC(=O)O[C@H](C(=O)C=CC(=O)CCCCCCO)[C@H](C)C(=O)N1C(=O)O[C@H](c2ccccc2)[C@@H]1C. The molecular weight excluding hydrogens is 454 g/mol. The number of aliphatic hydroxyl groups excluding tert-OH is 1. The Bertz CT molecular complexity index is 942. The van der Waals surface area contributed by atoms with Crippen molar-refractivity contribution in [1.82, 2.24) is 4.90 Å². The van der Waals surface area contributed by atoms with Crippen molar-refractivity contribution in [3.05, 3.63) is 48.0 Å². The zero-order valence-corrected chi connectivity index (χ0v) is 20.3. The Kier molecular flexibility index (Phi) is 10.8. The van der Waals surface area contributed by atoms with Crippen molar-refractivity contribution < 1.29 is 38.6 Å². The molecule has 2 rings (SSSR count). The third kappa shape index (κ3) is 7.85. The number of benzene rings is 1. The minimum atomic E-state index is -1.50. The lowest BCUT2D eigenvalue weighted by Crippen LogP contribution is -2.47. The van der Waals surface area contributed by atoms with E-state index in [1.165, 1.54) is 6.92 Å². The van der Waals surface area contributed by atoms with E-state index in [0.29, 0.717) is 12.8 Å². The number of nitrogens with zero attached hydrogens (tertiary/aromatic N) is 1. The molecule has 190 valence electrons. The van der Waals surface area contributed by atoms with E-state index in [9.17, 15) is 24.0 Å². The van der Waals surface area contributed by atoms with E-state index in [-0.39, 0.29) is 18.8 Å². The van der Waals surface area contributed by atoms with Crippen molar-refractivity contribution >= 4 is 29.5 Å². The van der Waals surface area contributed by atoms with E-state index in [4.69, 9.17) is 14.6 Å². The fourth-order valence-electron chi connectivity index (χ4n) is 3.90. The normalized spacial score (nSPS) is 19.3. The van der Waals surface area contributed by atoms with Crippen molar-refractivity contribution in [1.29, 1.82) is 0 Å². The Morgan fingerprint density at radius 3 is 2.37 bits per heavy atom. The fourth-order valence-corrected chi connectivity index (χ4v) is 3.90. The van der Waals surface area contributed by atoms with Gasteiger partial charge in [0, 0.05) is 20.0 Å². The molecule has 1 aliphatic rings. The standard InChI is InChI=1S/C26H33NO8/c1-17(25(32)27-18(2)24(35-26(27)33)20-11-7-6-8-12-20)23(34-19(3)29)22(31)15-14-21(30)13-9-4-5-10-16-28/h6-8,11-12,14-15,17-18,23-24,28H,4-5,9-10,13,16H2,1-3H3/t17-,18-,23-,24-/m0/s1. The molecule has 0 unspecified atom stereocenters. The molecule has 1 aliphatic heterocycles. The molecule has 0 aromatic heterocycles. The minimum Gasteiger partial charge on any atom is -0.453 e. The van der Waals surface area contributed by atoms with Gasteiger partial charge in [-0.05, 0) is 44.4 Å². The maximum atomic E-state index is 13.2. The molecule has 1 fully saturated rings. The second-order valence-corrected chi connectivity index (χ2v) is 8.57. The number of hydrogen-bond donors (Lipinski definition) is 1. The van der Waals surface area contributed by atoms with Crippen LogP contribution in [0.4, 0.5) is 4.79 Å². The summed E-state index contributed by atoms with van der Waals surface area (Å²) >= 11 is 0. The monoisotopic (exact) mass is 487 g/mol. The number of esters is 1. The van der Waals surface area contributed by atoms with Gasteiger partial charge in [-0.3, -0.25) is 19.2 Å². The predicted molar refractivity (Wildman–Crippen MR) is 126 cm³/mol. The van der Waals surface area contributed by atoms with Gasteiger partial charge in [-0.25, -0.2) is 9.69 Å². The third-order valence-electron chi connectivity index (χ3n) is 5.82. The zero-order valence-electron chi connectivity index (χ0n) is 20.3. The number of cyclic esters (lactones) is 1. The molecule has 4 atom stereocenters. The molecule has 1 saturated heterocycles. The van der Waals surface area contributed by atoms with Gasteiger partial charge in [0.2, 0.25) is 5.91 Å². The second kappa shape index (κ2) is 13.5. The summed E-state index contributed by atoms with van der Waals surface area (Å²) in [6, 6.07) is 8.33. The maximum absolute atomic E-state index is 13.2. The Balaban J connectivity index is 2.08. The van der Waals surface area contributed by atoms with Crippen LogP contribution in [0, 0.1) is 5.92 Å². The minimum absolute atomic E-state index is 0.109. The smallest absolute Gasteiger partial charge is 0.417 e. The summed E-state index contributed by atoms with van der Waals surface area (Å²) in [6.07, 6.45) is 2.23. The Morgan fingerprint density at radius 1 is 1.09 bits per heavy atom. The molecule has 9 nitrogen and oxygen atoms in total. The topological polar surface area (TPSA) is 127 Å². The van der Waals surface area contributed by atoms with Crippen LogP contribution in [0.2, 0.25) is 0 Å². The zero-order chi connectivity index (χ0) is 26.0. The highest BCUT2D eigenvalue weighted by Crippen LogP contribution is 2.33. The van der Waals surface area contributed by atoms with Crippen molar-refractivity contribution in [2.24, 2.45) is 5.92 Å². The number of hydrogen-bond acceptors (Lipinski definition) is 8. The number of rotatable bonds is 13. The van der Waals surface area contributed by atoms with Gasteiger partial charge in [0.15, 0.2) is 17.7 Å². The highest BCUT2D eigenvalue weighted by atomic mass is 16.6. The average Bonchev–Trinajstić information content (AvgIpc) is 3.14. The molecule has 35 heavy (non-hydrogen) atoms. The van der Waals surface area contributed by atoms with Crippen LogP contribution in [0.15, 0.2) is 42.5 Å². The largest absolute Gasteiger partial charge is 0.453 e. The fraction of sp³-hybridized carbons (Fsp3) is 0.500. The van der Waals surface area contributed by atoms with Gasteiger partial charge in [0.1, 0.15) is 6.10 Å². The number of unbranched alkanes of at least 4 members (excludes halogenated alkanes) is 3. The maximum Gasteiger partial charge on any atom is 0.417 e. The third-order valence-corrected chi connectivity index (χ3v) is 5.82. The Morgan fingerprint density at radius 2 is 1.74 bits per heavy atom. The summed E-state index contributed by atoms with van der Waals surface area (Å²) in [7, 11) is 0. The van der Waals surface area contributed by atoms with Gasteiger partial charge in [-0.1, -0.05) is 43.2 Å². The quantitative estimate of drug-likeness (QED) is 0.255. The molecule has 1 aromatic rings. The van der Waals surface area contributed by atoms with Gasteiger partial charge >= 0.3 is 12.1 Å². The summed E-state index contributed by atoms with van der Waals surface area (Å²) in [5.74, 6) is -3.68. The van der Waals surface area contributed by atoms with Gasteiger partial charge in [0.05, 0.1) is 12.0 Å². The Hall–Kier alpha value is -3.33. The molecule has 2 amide bonds. The number of carbonyl (C=O) groups excluding carboxylic acids is 5. The summed E-state index contributed by atoms with van der Waals surface area (Å²) in [5.41, 5.74) is 0.724. The van der Waals surface area contributed by atoms with E-state index >= 15 is 0 Å². The molecule has 0 saturated carbocycles. The van der Waals surface area contributed by atoms with Gasteiger partial charge in [-0.2, -0.15) is 0 Å². The van der Waals surface area contributed by atoms with Crippen LogP contribution in [0.1, 0.15) is 64.5 Å². The molecule has 0 spiro atoms. The molecule has 1 N–H and O–H groups in total. The van der Waals surface area contributed by atoms with Gasteiger partial charge in [-0.15, -0.1) is 0 Å². The predicted octanol–water partition coefficient (Wildman–Crippen LogP) is 3.30. The van der Waals surface area contributed by atoms with E-state index in [1.807, 2.05) is 6.07 Å². The van der Waals surface area contributed by atoms with Crippen LogP contribution in [-0.2, 0) is 28.7 Å². The number of ketones is 2. The van der Waals surface area contributed by atoms with Crippen LogP contribution >= 0.6 is 0 Å². The highest BCUT2D eigenvalue weighted by molar-refractivity contribution is 6.04. The van der Waals surface area contributed by atoms with Gasteiger partial charge < -0.3 is 14.6 Å². The summed E-state index contributed by atoms with van der Waals surface area (Å²) in [4.78, 5) is 63.2. The van der Waals surface area contributed by atoms with Crippen LogP contribution in [0.5, 0.6) is 0 Å². The van der Waals surface area contributed by atoms with Crippen LogP contribution in [-0.4, -0.2) is 58.3 Å². The van der Waals surface area contributed by atoms with E-state index < -0.39 is 47.9 Å². The molecule has 0 bridgehead atoms. The molecule has 1 heterocycles. The average molecular weight is 488 g/mol. The summed E-state index contributed by atoms with van der Waals surface area (Å²) < 4.78 is 10.5. The first-order valence-corrected chi connectivity index (χ1v) is 11.8. The molecule has 1 aromatic carbocycles. The van der Waals surface area contributed by atoms with Crippen molar-refractivity contribution in [3.63, 3.8) is 0 Å². The first kappa shape index (κ1) is 27.9. The number of aliphatic hydroxyl groups is 1. The van der Waals surface area contributed by atoms with Crippen molar-refractivity contribution in [2.45, 2.75) is 71.1 Å². The molecule has 0 radical (unpaired) electrons. The van der Waals surface area contributed by atoms with Crippen LogP contribution < -0.4 is 0 Å². The highest BCUT2D eigenvalue weighted by Gasteiger charge is 2.47. The van der Waals surface area contributed by atoms with Crippen LogP contribution in [0.25, 0.3) is 0 Å². The van der Waals surface area contributed by atoms with Gasteiger partial charge in [0.25, 0.3) is 0 Å². The van der Waals surface area contributed by atoms with E-state index in [0.717, 1.165) is 42.4 Å². The van der Waals surface area contributed by atoms with E-state index in [1.54, 1.807) is 31.2 Å². The molecule has 0 aliphatic carbocycles. The first-order valence-electron chi connectivity index (χ1n) is 11.8. The number of amides is 2. The van der Waals surface area contributed by atoms with E-state index in [2.05, 4.69) is 0 Å². The lowest BCUT2D eigenvalue weighted by Gasteiger charge is -2.26. The number of carbonyl (C=O) groups is 5. The van der Waals surface area contributed by atoms with Crippen molar-refractivity contribution in [2.75, 3.05) is 6.61 Å².